The molecule has 1 amide bonds. The molecule has 1 N–H and O–H groups in total. The van der Waals surface area contributed by atoms with E-state index in [0.717, 1.165) is 5.56 Å². The minimum Gasteiger partial charge on any atom is -0.495 e. The van der Waals surface area contributed by atoms with Gasteiger partial charge in [-0.25, -0.2) is 0 Å². The number of carbonyl (C=O) groups is 1. The average Bonchev–Trinajstić information content (AvgIpc) is 2.30. The third-order valence-electron chi connectivity index (χ3n) is 2.24. The molecule has 0 bridgehead atoms. The number of anilines is 1. The van der Waals surface area contributed by atoms with Crippen molar-refractivity contribution in [1.29, 1.82) is 5.26 Å². The summed E-state index contributed by atoms with van der Waals surface area (Å²) in [6, 6.07) is 5.31. The van der Waals surface area contributed by atoms with E-state index in [0.29, 0.717) is 16.5 Å². The topological polar surface area (TPSA) is 62.1 Å². The van der Waals surface area contributed by atoms with Crippen molar-refractivity contribution in [2.24, 2.45) is 0 Å². The van der Waals surface area contributed by atoms with Crippen LogP contribution in [0.1, 0.15) is 18.4 Å². The number of nitrogens with one attached hydrogen (secondary N) is 1. The zero-order valence-electron chi connectivity index (χ0n) is 9.71. The van der Waals surface area contributed by atoms with Crippen LogP contribution in [0.15, 0.2) is 12.1 Å². The van der Waals surface area contributed by atoms with Crippen LogP contribution in [0.4, 0.5) is 5.69 Å². The number of hydrogen-bond donors (Lipinski definition) is 1. The standard InChI is InChI=1S/C12H13ClN2O2/c1-8-6-11(17-2)9(13)7-10(8)15-12(16)4-3-5-14/h6-7H,3-4H2,1-2H3,(H,15,16). The molecule has 0 spiro atoms. The molecule has 0 aliphatic carbocycles. The lowest BCUT2D eigenvalue weighted by Crippen LogP contribution is -2.11. The van der Waals surface area contributed by atoms with Crippen LogP contribution in [-0.4, -0.2) is 13.0 Å². The number of rotatable bonds is 4. The lowest BCUT2D eigenvalue weighted by atomic mass is 10.2. The van der Waals surface area contributed by atoms with Crippen molar-refractivity contribution in [1.82, 2.24) is 0 Å². The van der Waals surface area contributed by atoms with Crippen molar-refractivity contribution < 1.29 is 9.53 Å². The first kappa shape index (κ1) is 13.3. The van der Waals surface area contributed by atoms with Crippen molar-refractivity contribution in [3.63, 3.8) is 0 Å². The molecule has 0 heterocycles. The second kappa shape index (κ2) is 6.12. The van der Waals surface area contributed by atoms with Crippen LogP contribution in [0.2, 0.25) is 5.02 Å². The van der Waals surface area contributed by atoms with E-state index >= 15 is 0 Å². The summed E-state index contributed by atoms with van der Waals surface area (Å²) in [6.45, 7) is 1.85. The fourth-order valence-corrected chi connectivity index (χ4v) is 1.57. The van der Waals surface area contributed by atoms with E-state index in [9.17, 15) is 4.79 Å². The van der Waals surface area contributed by atoms with E-state index < -0.39 is 0 Å². The molecule has 0 saturated heterocycles. The molecule has 0 aliphatic heterocycles. The number of halogens is 1. The number of nitriles is 1. The van der Waals surface area contributed by atoms with Crippen molar-refractivity contribution in [3.05, 3.63) is 22.7 Å². The second-order valence-corrected chi connectivity index (χ2v) is 3.92. The molecule has 1 aromatic carbocycles. The smallest absolute Gasteiger partial charge is 0.225 e. The van der Waals surface area contributed by atoms with E-state index in [1.807, 2.05) is 13.0 Å². The number of nitrogens with zero attached hydrogens (tertiary/aromatic N) is 1. The van der Waals surface area contributed by atoms with Crippen LogP contribution in [0.5, 0.6) is 5.75 Å². The van der Waals surface area contributed by atoms with Gasteiger partial charge in [-0.15, -0.1) is 0 Å². The van der Waals surface area contributed by atoms with Gasteiger partial charge in [0.25, 0.3) is 0 Å². The highest BCUT2D eigenvalue weighted by Crippen LogP contribution is 2.30. The summed E-state index contributed by atoms with van der Waals surface area (Å²) < 4.78 is 5.06. The molecule has 1 rings (SSSR count). The normalized spacial score (nSPS) is 9.53. The third kappa shape index (κ3) is 3.65. The van der Waals surface area contributed by atoms with Crippen molar-refractivity contribution in [3.8, 4) is 11.8 Å². The fourth-order valence-electron chi connectivity index (χ4n) is 1.33. The molecule has 0 fully saturated rings. The van der Waals surface area contributed by atoms with Gasteiger partial charge in [0.2, 0.25) is 5.91 Å². The van der Waals surface area contributed by atoms with Gasteiger partial charge in [0.1, 0.15) is 5.75 Å². The van der Waals surface area contributed by atoms with Crippen molar-refractivity contribution in [2.45, 2.75) is 19.8 Å². The highest BCUT2D eigenvalue weighted by atomic mass is 35.5. The summed E-state index contributed by atoms with van der Waals surface area (Å²) in [4.78, 5) is 11.5. The number of ether oxygens (including phenoxy) is 1. The molecule has 0 unspecified atom stereocenters. The minimum atomic E-state index is -0.198. The first-order valence-corrected chi connectivity index (χ1v) is 5.47. The minimum absolute atomic E-state index is 0.180. The Balaban J connectivity index is 2.82. The Morgan fingerprint density at radius 2 is 2.29 bits per heavy atom. The number of methoxy groups -OCH3 is 1. The van der Waals surface area contributed by atoms with Gasteiger partial charge in [-0.1, -0.05) is 11.6 Å². The summed E-state index contributed by atoms with van der Waals surface area (Å²) in [5, 5.41) is 11.5. The molecule has 4 nitrogen and oxygen atoms in total. The van der Waals surface area contributed by atoms with E-state index in [4.69, 9.17) is 21.6 Å². The summed E-state index contributed by atoms with van der Waals surface area (Å²) in [7, 11) is 1.53. The van der Waals surface area contributed by atoms with Crippen molar-refractivity contribution >= 4 is 23.2 Å². The Hall–Kier alpha value is -1.73. The molecule has 0 radical (unpaired) electrons. The van der Waals surface area contributed by atoms with E-state index in [1.165, 1.54) is 7.11 Å². The van der Waals surface area contributed by atoms with Gasteiger partial charge in [0.05, 0.1) is 18.2 Å². The Bertz CT molecular complexity index is 466. The highest BCUT2D eigenvalue weighted by Gasteiger charge is 2.08. The monoisotopic (exact) mass is 252 g/mol. The number of hydrogen-bond acceptors (Lipinski definition) is 3. The number of benzene rings is 1. The van der Waals surface area contributed by atoms with Crippen LogP contribution in [0.3, 0.4) is 0 Å². The van der Waals surface area contributed by atoms with E-state index in [1.54, 1.807) is 12.1 Å². The molecule has 17 heavy (non-hydrogen) atoms. The quantitative estimate of drug-likeness (QED) is 0.896. The fraction of sp³-hybridized carbons (Fsp3) is 0.333. The maximum absolute atomic E-state index is 11.5. The average molecular weight is 253 g/mol. The summed E-state index contributed by atoms with van der Waals surface area (Å²) in [5.74, 6) is 0.370. The van der Waals surface area contributed by atoms with Crippen LogP contribution in [0, 0.1) is 18.3 Å². The molecule has 5 heteroatoms. The molecular formula is C12H13ClN2O2. The maximum atomic E-state index is 11.5. The Morgan fingerprint density at radius 1 is 1.59 bits per heavy atom. The summed E-state index contributed by atoms with van der Waals surface area (Å²) in [6.07, 6.45) is 0.383. The number of amides is 1. The predicted octanol–water partition coefficient (Wildman–Crippen LogP) is 2.90. The zero-order valence-corrected chi connectivity index (χ0v) is 10.5. The van der Waals surface area contributed by atoms with Crippen LogP contribution < -0.4 is 10.1 Å². The molecule has 0 saturated carbocycles. The zero-order chi connectivity index (χ0) is 12.8. The molecule has 0 aromatic heterocycles. The number of carbonyl (C=O) groups excluding carboxylic acids is 1. The SMILES string of the molecule is COc1cc(C)c(NC(=O)CCC#N)cc1Cl. The molecule has 1 aromatic rings. The van der Waals surface area contributed by atoms with Gasteiger partial charge >= 0.3 is 0 Å². The van der Waals surface area contributed by atoms with Gasteiger partial charge in [0, 0.05) is 18.5 Å². The molecule has 0 aliphatic rings. The Labute approximate surface area is 105 Å². The van der Waals surface area contributed by atoms with Crippen LogP contribution in [-0.2, 0) is 4.79 Å². The molecule has 90 valence electrons. The van der Waals surface area contributed by atoms with Gasteiger partial charge in [-0.3, -0.25) is 4.79 Å². The third-order valence-corrected chi connectivity index (χ3v) is 2.53. The van der Waals surface area contributed by atoms with Crippen LogP contribution in [0.25, 0.3) is 0 Å². The Kier molecular flexibility index (Phi) is 4.80. The van der Waals surface area contributed by atoms with Gasteiger partial charge in [-0.05, 0) is 24.6 Å². The molecule has 0 atom stereocenters. The Morgan fingerprint density at radius 3 is 2.88 bits per heavy atom. The van der Waals surface area contributed by atoms with E-state index in [2.05, 4.69) is 5.32 Å². The summed E-state index contributed by atoms with van der Waals surface area (Å²) in [5.41, 5.74) is 1.50. The van der Waals surface area contributed by atoms with Crippen LogP contribution >= 0.6 is 11.6 Å². The maximum Gasteiger partial charge on any atom is 0.225 e. The number of aryl methyl sites for hydroxylation is 1. The molecular weight excluding hydrogens is 240 g/mol. The highest BCUT2D eigenvalue weighted by molar-refractivity contribution is 6.32. The summed E-state index contributed by atoms with van der Waals surface area (Å²) >= 11 is 5.96. The first-order valence-electron chi connectivity index (χ1n) is 5.09. The van der Waals surface area contributed by atoms with E-state index in [-0.39, 0.29) is 18.7 Å². The second-order valence-electron chi connectivity index (χ2n) is 3.51. The predicted molar refractivity (Wildman–Crippen MR) is 66.2 cm³/mol. The van der Waals surface area contributed by atoms with Gasteiger partial charge in [-0.2, -0.15) is 5.26 Å². The lowest BCUT2D eigenvalue weighted by molar-refractivity contribution is -0.116. The lowest BCUT2D eigenvalue weighted by Gasteiger charge is -2.11. The van der Waals surface area contributed by atoms with Gasteiger partial charge in [0.15, 0.2) is 0 Å². The first-order chi connectivity index (χ1) is 8.08. The van der Waals surface area contributed by atoms with Gasteiger partial charge < -0.3 is 10.1 Å². The van der Waals surface area contributed by atoms with Crippen molar-refractivity contribution in [2.75, 3.05) is 12.4 Å². The largest absolute Gasteiger partial charge is 0.495 e.